The molecule has 104 valence electrons. The first-order valence-corrected chi connectivity index (χ1v) is 7.88. The molecule has 0 aromatic heterocycles. The lowest BCUT2D eigenvalue weighted by molar-refractivity contribution is 0.146. The second-order valence-corrected chi connectivity index (χ2v) is 5.68. The highest BCUT2D eigenvalue weighted by Crippen LogP contribution is 2.18. The van der Waals surface area contributed by atoms with Crippen LogP contribution in [0.3, 0.4) is 0 Å². The molecule has 1 nitrogen and oxygen atoms in total. The molecule has 0 heterocycles. The number of rotatable bonds is 12. The fourth-order valence-corrected chi connectivity index (χ4v) is 2.35. The average Bonchev–Trinajstić information content (AvgIpc) is 2.32. The Labute approximate surface area is 109 Å². The van der Waals surface area contributed by atoms with Crippen molar-refractivity contribution >= 4 is 0 Å². The summed E-state index contributed by atoms with van der Waals surface area (Å²) in [5, 5.41) is 9.74. The van der Waals surface area contributed by atoms with Crippen molar-refractivity contribution in [2.75, 3.05) is 0 Å². The van der Waals surface area contributed by atoms with Crippen LogP contribution in [0.5, 0.6) is 0 Å². The normalized spacial score (nSPS) is 14.8. The van der Waals surface area contributed by atoms with E-state index in [0.717, 1.165) is 18.8 Å². The summed E-state index contributed by atoms with van der Waals surface area (Å²) in [6, 6.07) is 0. The lowest BCUT2D eigenvalue weighted by atomic mass is 9.95. The Balaban J connectivity index is 3.28. The number of aliphatic hydroxyl groups is 1. The highest BCUT2D eigenvalue weighted by atomic mass is 16.3. The molecule has 2 unspecified atom stereocenters. The third-order valence-electron chi connectivity index (χ3n) is 3.68. The molecule has 0 bridgehead atoms. The minimum absolute atomic E-state index is 0.0396. The van der Waals surface area contributed by atoms with Gasteiger partial charge in [0, 0.05) is 0 Å². The van der Waals surface area contributed by atoms with Crippen LogP contribution in [-0.4, -0.2) is 11.2 Å². The SMILES string of the molecule is CCCCCCC(C)CCCC(O)CCCC. The summed E-state index contributed by atoms with van der Waals surface area (Å²) in [4.78, 5) is 0. The minimum atomic E-state index is -0.0396. The molecule has 0 amide bonds. The van der Waals surface area contributed by atoms with E-state index in [-0.39, 0.29) is 6.10 Å². The maximum absolute atomic E-state index is 9.74. The smallest absolute Gasteiger partial charge is 0.0540 e. The van der Waals surface area contributed by atoms with Gasteiger partial charge >= 0.3 is 0 Å². The summed E-state index contributed by atoms with van der Waals surface area (Å²) in [7, 11) is 0. The predicted octanol–water partition coefficient (Wildman–Crippen LogP) is 5.31. The fourth-order valence-electron chi connectivity index (χ4n) is 2.35. The van der Waals surface area contributed by atoms with Gasteiger partial charge in [-0.2, -0.15) is 0 Å². The van der Waals surface area contributed by atoms with Crippen LogP contribution in [0.25, 0.3) is 0 Å². The molecular formula is C16H34O. The van der Waals surface area contributed by atoms with Gasteiger partial charge in [-0.15, -0.1) is 0 Å². The Morgan fingerprint density at radius 3 is 1.94 bits per heavy atom. The van der Waals surface area contributed by atoms with Crippen LogP contribution < -0.4 is 0 Å². The second-order valence-electron chi connectivity index (χ2n) is 5.68. The second kappa shape index (κ2) is 12.4. The molecule has 0 saturated carbocycles. The fraction of sp³-hybridized carbons (Fsp3) is 1.00. The van der Waals surface area contributed by atoms with Crippen molar-refractivity contribution in [3.63, 3.8) is 0 Å². The van der Waals surface area contributed by atoms with E-state index >= 15 is 0 Å². The monoisotopic (exact) mass is 242 g/mol. The first-order chi connectivity index (χ1) is 8.20. The van der Waals surface area contributed by atoms with Crippen molar-refractivity contribution in [3.05, 3.63) is 0 Å². The average molecular weight is 242 g/mol. The standard InChI is InChI=1S/C16H34O/c1-4-6-8-9-11-15(3)12-10-14-16(17)13-7-5-2/h15-17H,4-14H2,1-3H3. The molecule has 0 rings (SSSR count). The van der Waals surface area contributed by atoms with E-state index in [1.54, 1.807) is 0 Å². The predicted molar refractivity (Wildman–Crippen MR) is 77.3 cm³/mol. The van der Waals surface area contributed by atoms with E-state index in [4.69, 9.17) is 0 Å². The van der Waals surface area contributed by atoms with Crippen molar-refractivity contribution < 1.29 is 5.11 Å². The van der Waals surface area contributed by atoms with E-state index in [9.17, 15) is 5.11 Å². The van der Waals surface area contributed by atoms with E-state index in [2.05, 4.69) is 20.8 Å². The molecule has 17 heavy (non-hydrogen) atoms. The van der Waals surface area contributed by atoms with E-state index < -0.39 is 0 Å². The molecule has 0 aliphatic carbocycles. The van der Waals surface area contributed by atoms with Crippen LogP contribution in [-0.2, 0) is 0 Å². The maximum atomic E-state index is 9.74. The van der Waals surface area contributed by atoms with Gasteiger partial charge in [0.15, 0.2) is 0 Å². The molecule has 1 heteroatoms. The highest BCUT2D eigenvalue weighted by Gasteiger charge is 2.06. The summed E-state index contributed by atoms with van der Waals surface area (Å²) in [5.41, 5.74) is 0. The molecule has 0 fully saturated rings. The highest BCUT2D eigenvalue weighted by molar-refractivity contribution is 4.59. The molecule has 0 aromatic rings. The Kier molecular flexibility index (Phi) is 12.4. The molecule has 0 radical (unpaired) electrons. The minimum Gasteiger partial charge on any atom is -0.393 e. The summed E-state index contributed by atoms with van der Waals surface area (Å²) < 4.78 is 0. The van der Waals surface area contributed by atoms with Crippen molar-refractivity contribution in [2.24, 2.45) is 5.92 Å². The van der Waals surface area contributed by atoms with Crippen molar-refractivity contribution in [3.8, 4) is 0 Å². The van der Waals surface area contributed by atoms with Gasteiger partial charge in [-0.3, -0.25) is 0 Å². The van der Waals surface area contributed by atoms with E-state index in [0.29, 0.717) is 0 Å². The zero-order valence-electron chi connectivity index (χ0n) is 12.4. The maximum Gasteiger partial charge on any atom is 0.0540 e. The summed E-state index contributed by atoms with van der Waals surface area (Å²) >= 11 is 0. The Hall–Kier alpha value is -0.0400. The molecule has 2 atom stereocenters. The number of hydrogen-bond donors (Lipinski definition) is 1. The van der Waals surface area contributed by atoms with Gasteiger partial charge in [0.2, 0.25) is 0 Å². The van der Waals surface area contributed by atoms with Gasteiger partial charge in [-0.25, -0.2) is 0 Å². The number of hydrogen-bond acceptors (Lipinski definition) is 1. The lowest BCUT2D eigenvalue weighted by Gasteiger charge is -2.13. The summed E-state index contributed by atoms with van der Waals surface area (Å²) in [6.07, 6.45) is 13.8. The molecular weight excluding hydrogens is 208 g/mol. The summed E-state index contributed by atoms with van der Waals surface area (Å²) in [6.45, 7) is 6.82. The van der Waals surface area contributed by atoms with Crippen molar-refractivity contribution in [1.82, 2.24) is 0 Å². The van der Waals surface area contributed by atoms with E-state index in [1.807, 2.05) is 0 Å². The van der Waals surface area contributed by atoms with Crippen molar-refractivity contribution in [1.29, 1.82) is 0 Å². The van der Waals surface area contributed by atoms with Crippen LogP contribution in [0, 0.1) is 5.92 Å². The lowest BCUT2D eigenvalue weighted by Crippen LogP contribution is -2.07. The first kappa shape index (κ1) is 17.0. The number of aliphatic hydroxyl groups excluding tert-OH is 1. The molecule has 0 spiro atoms. The van der Waals surface area contributed by atoms with Gasteiger partial charge in [-0.1, -0.05) is 78.6 Å². The quantitative estimate of drug-likeness (QED) is 0.460. The van der Waals surface area contributed by atoms with Crippen LogP contribution in [0.2, 0.25) is 0 Å². The van der Waals surface area contributed by atoms with Crippen LogP contribution in [0.1, 0.15) is 91.4 Å². The topological polar surface area (TPSA) is 20.2 Å². The molecule has 1 N–H and O–H groups in total. The molecule has 0 aliphatic heterocycles. The Morgan fingerprint density at radius 2 is 1.29 bits per heavy atom. The third-order valence-corrected chi connectivity index (χ3v) is 3.68. The first-order valence-electron chi connectivity index (χ1n) is 7.88. The molecule has 0 aromatic carbocycles. The summed E-state index contributed by atoms with van der Waals surface area (Å²) in [5.74, 6) is 0.852. The van der Waals surface area contributed by atoms with Crippen LogP contribution >= 0.6 is 0 Å². The zero-order chi connectivity index (χ0) is 12.9. The number of unbranched alkanes of at least 4 members (excludes halogenated alkanes) is 4. The van der Waals surface area contributed by atoms with Crippen molar-refractivity contribution in [2.45, 2.75) is 97.5 Å². The van der Waals surface area contributed by atoms with Gasteiger partial charge in [0.05, 0.1) is 6.10 Å². The largest absolute Gasteiger partial charge is 0.393 e. The van der Waals surface area contributed by atoms with Crippen LogP contribution in [0.15, 0.2) is 0 Å². The van der Waals surface area contributed by atoms with Gasteiger partial charge in [0.25, 0.3) is 0 Å². The molecule has 0 aliphatic rings. The third kappa shape index (κ3) is 12.2. The van der Waals surface area contributed by atoms with E-state index in [1.165, 1.54) is 57.8 Å². The van der Waals surface area contributed by atoms with Gasteiger partial charge < -0.3 is 5.11 Å². The van der Waals surface area contributed by atoms with Gasteiger partial charge in [-0.05, 0) is 18.8 Å². The Morgan fingerprint density at radius 1 is 0.706 bits per heavy atom. The Bertz CT molecular complexity index is 144. The molecule has 0 saturated heterocycles. The van der Waals surface area contributed by atoms with Gasteiger partial charge in [0.1, 0.15) is 0 Å². The van der Waals surface area contributed by atoms with Crippen LogP contribution in [0.4, 0.5) is 0 Å². The zero-order valence-corrected chi connectivity index (χ0v) is 12.4.